The largest absolute Gasteiger partial charge is 0.368 e. The fraction of sp³-hybridized carbons (Fsp3) is 0.444. The number of hydrogen-bond acceptors (Lipinski definition) is 4. The Morgan fingerprint density at radius 3 is 2.86 bits per heavy atom. The fourth-order valence-corrected chi connectivity index (χ4v) is 0.962. The van der Waals surface area contributed by atoms with E-state index in [9.17, 15) is 4.79 Å². The average Bonchev–Trinajstić information content (AvgIpc) is 2.15. The van der Waals surface area contributed by atoms with Crippen LogP contribution in [0.25, 0.3) is 0 Å². The van der Waals surface area contributed by atoms with Gasteiger partial charge in [0.25, 0.3) is 0 Å². The highest BCUT2D eigenvalue weighted by atomic mass is 16.1. The van der Waals surface area contributed by atoms with Crippen molar-refractivity contribution < 1.29 is 4.79 Å². The molecule has 1 amide bonds. The summed E-state index contributed by atoms with van der Waals surface area (Å²) in [5.41, 5.74) is 5.93. The maximum Gasteiger partial charge on any atom is 0.236 e. The normalized spacial score (nSPS) is 10.2. The van der Waals surface area contributed by atoms with Gasteiger partial charge in [-0.05, 0) is 5.92 Å². The van der Waals surface area contributed by atoms with Crippen LogP contribution in [-0.2, 0) is 4.79 Å². The van der Waals surface area contributed by atoms with Gasteiger partial charge < -0.3 is 11.1 Å². The molecule has 0 spiro atoms. The molecule has 0 radical (unpaired) electrons. The van der Waals surface area contributed by atoms with Crippen molar-refractivity contribution >= 4 is 11.7 Å². The molecule has 0 fully saturated rings. The van der Waals surface area contributed by atoms with E-state index in [1.807, 2.05) is 19.9 Å². The zero-order valence-electron chi connectivity index (χ0n) is 8.32. The highest BCUT2D eigenvalue weighted by Gasteiger charge is 2.02. The van der Waals surface area contributed by atoms with Gasteiger partial charge in [-0.25, -0.2) is 9.97 Å². The predicted molar refractivity (Wildman–Crippen MR) is 53.8 cm³/mol. The Hall–Kier alpha value is -1.65. The van der Waals surface area contributed by atoms with Crippen molar-refractivity contribution in [2.45, 2.75) is 19.8 Å². The Morgan fingerprint density at radius 2 is 2.29 bits per heavy atom. The Morgan fingerprint density at radius 1 is 1.57 bits per heavy atom. The van der Waals surface area contributed by atoms with Crippen molar-refractivity contribution in [3.05, 3.63) is 18.1 Å². The van der Waals surface area contributed by atoms with Crippen LogP contribution in [0.2, 0.25) is 0 Å². The number of primary amides is 1. The number of nitrogens with two attached hydrogens (primary N) is 1. The number of carbonyl (C=O) groups is 1. The molecule has 3 N–H and O–H groups in total. The van der Waals surface area contributed by atoms with Crippen molar-refractivity contribution in [1.29, 1.82) is 0 Å². The van der Waals surface area contributed by atoms with Crippen LogP contribution in [0, 0.1) is 0 Å². The molecular weight excluding hydrogens is 180 g/mol. The number of nitrogens with zero attached hydrogens (tertiary/aromatic N) is 2. The summed E-state index contributed by atoms with van der Waals surface area (Å²) in [6, 6.07) is 1.81. The van der Waals surface area contributed by atoms with E-state index in [1.165, 1.54) is 6.33 Å². The molecule has 14 heavy (non-hydrogen) atoms. The summed E-state index contributed by atoms with van der Waals surface area (Å²) in [5.74, 6) is 0.560. The molecule has 0 aliphatic rings. The van der Waals surface area contributed by atoms with Gasteiger partial charge in [0.2, 0.25) is 5.91 Å². The summed E-state index contributed by atoms with van der Waals surface area (Å²) < 4.78 is 0. The number of nitrogens with one attached hydrogen (secondary N) is 1. The second-order valence-electron chi connectivity index (χ2n) is 3.30. The van der Waals surface area contributed by atoms with Gasteiger partial charge in [0.1, 0.15) is 12.1 Å². The van der Waals surface area contributed by atoms with E-state index in [1.54, 1.807) is 0 Å². The lowest BCUT2D eigenvalue weighted by molar-refractivity contribution is -0.116. The standard InChI is InChI=1S/C9H14N4O/c1-6(2)7-3-9(13-5-12-7)11-4-8(10)14/h3,5-6H,4H2,1-2H3,(H2,10,14)(H,11,12,13). The van der Waals surface area contributed by atoms with Gasteiger partial charge in [-0.15, -0.1) is 0 Å². The van der Waals surface area contributed by atoms with Gasteiger partial charge >= 0.3 is 0 Å². The average molecular weight is 194 g/mol. The minimum atomic E-state index is -0.408. The zero-order chi connectivity index (χ0) is 10.6. The number of hydrogen-bond donors (Lipinski definition) is 2. The Kier molecular flexibility index (Phi) is 3.39. The van der Waals surface area contributed by atoms with Crippen LogP contribution >= 0.6 is 0 Å². The molecule has 0 unspecified atom stereocenters. The van der Waals surface area contributed by atoms with Crippen LogP contribution in [0.5, 0.6) is 0 Å². The third-order valence-electron chi connectivity index (χ3n) is 1.72. The first-order chi connectivity index (χ1) is 6.59. The summed E-state index contributed by atoms with van der Waals surface area (Å²) in [6.07, 6.45) is 1.47. The van der Waals surface area contributed by atoms with Crippen LogP contribution in [0.1, 0.15) is 25.5 Å². The topological polar surface area (TPSA) is 80.9 Å². The number of amides is 1. The zero-order valence-corrected chi connectivity index (χ0v) is 8.32. The predicted octanol–water partition coefficient (Wildman–Crippen LogP) is 0.497. The van der Waals surface area contributed by atoms with E-state index < -0.39 is 5.91 Å². The van der Waals surface area contributed by atoms with Crippen molar-refractivity contribution in [1.82, 2.24) is 9.97 Å². The Bertz CT molecular complexity index is 324. The van der Waals surface area contributed by atoms with E-state index in [4.69, 9.17) is 5.73 Å². The first-order valence-electron chi connectivity index (χ1n) is 4.43. The van der Waals surface area contributed by atoms with E-state index in [0.29, 0.717) is 11.7 Å². The second-order valence-corrected chi connectivity index (χ2v) is 3.30. The minimum Gasteiger partial charge on any atom is -0.368 e. The molecule has 1 rings (SSSR count). The minimum absolute atomic E-state index is 0.0918. The number of rotatable bonds is 4. The van der Waals surface area contributed by atoms with Gasteiger partial charge in [-0.3, -0.25) is 4.79 Å². The van der Waals surface area contributed by atoms with Gasteiger partial charge in [-0.1, -0.05) is 13.8 Å². The summed E-state index contributed by atoms with van der Waals surface area (Å²) in [6.45, 7) is 4.18. The van der Waals surface area contributed by atoms with Gasteiger partial charge in [0.15, 0.2) is 0 Å². The van der Waals surface area contributed by atoms with Crippen molar-refractivity contribution in [3.8, 4) is 0 Å². The maximum absolute atomic E-state index is 10.5. The van der Waals surface area contributed by atoms with Crippen LogP contribution in [0.15, 0.2) is 12.4 Å². The van der Waals surface area contributed by atoms with Crippen LogP contribution in [0.4, 0.5) is 5.82 Å². The summed E-state index contributed by atoms with van der Waals surface area (Å²) in [4.78, 5) is 18.6. The van der Waals surface area contributed by atoms with Crippen molar-refractivity contribution in [2.24, 2.45) is 5.73 Å². The quantitative estimate of drug-likeness (QED) is 0.731. The highest BCUT2D eigenvalue weighted by molar-refractivity contribution is 5.78. The third-order valence-corrected chi connectivity index (χ3v) is 1.72. The molecular formula is C9H14N4O. The number of carbonyl (C=O) groups excluding carboxylic acids is 1. The van der Waals surface area contributed by atoms with Crippen LogP contribution in [0.3, 0.4) is 0 Å². The molecule has 0 aliphatic carbocycles. The van der Waals surface area contributed by atoms with E-state index in [0.717, 1.165) is 5.69 Å². The van der Waals surface area contributed by atoms with Crippen LogP contribution in [-0.4, -0.2) is 22.4 Å². The summed E-state index contributed by atoms with van der Waals surface area (Å²) >= 11 is 0. The summed E-state index contributed by atoms with van der Waals surface area (Å²) in [5, 5.41) is 2.81. The van der Waals surface area contributed by atoms with E-state index >= 15 is 0 Å². The molecule has 5 nitrogen and oxygen atoms in total. The molecule has 5 heteroatoms. The van der Waals surface area contributed by atoms with Crippen LogP contribution < -0.4 is 11.1 Å². The molecule has 0 bridgehead atoms. The molecule has 1 heterocycles. The van der Waals surface area contributed by atoms with Gasteiger partial charge in [0, 0.05) is 11.8 Å². The molecule has 0 aliphatic heterocycles. The first kappa shape index (κ1) is 10.4. The number of aromatic nitrogens is 2. The molecule has 0 aromatic carbocycles. The highest BCUT2D eigenvalue weighted by Crippen LogP contribution is 2.12. The smallest absolute Gasteiger partial charge is 0.236 e. The van der Waals surface area contributed by atoms with Crippen molar-refractivity contribution in [2.75, 3.05) is 11.9 Å². The van der Waals surface area contributed by atoms with Gasteiger partial charge in [-0.2, -0.15) is 0 Å². The monoisotopic (exact) mass is 194 g/mol. The van der Waals surface area contributed by atoms with Gasteiger partial charge in [0.05, 0.1) is 6.54 Å². The SMILES string of the molecule is CC(C)c1cc(NCC(N)=O)ncn1. The Labute approximate surface area is 82.7 Å². The van der Waals surface area contributed by atoms with E-state index in [2.05, 4.69) is 15.3 Å². The second kappa shape index (κ2) is 4.55. The Balaban J connectivity index is 2.68. The molecule has 1 aromatic rings. The van der Waals surface area contributed by atoms with Crippen molar-refractivity contribution in [3.63, 3.8) is 0 Å². The molecule has 0 atom stereocenters. The maximum atomic E-state index is 10.5. The lowest BCUT2D eigenvalue weighted by atomic mass is 10.1. The number of anilines is 1. The summed E-state index contributed by atoms with van der Waals surface area (Å²) in [7, 11) is 0. The molecule has 76 valence electrons. The fourth-order valence-electron chi connectivity index (χ4n) is 0.962. The lowest BCUT2D eigenvalue weighted by Crippen LogP contribution is -2.22. The van der Waals surface area contributed by atoms with E-state index in [-0.39, 0.29) is 6.54 Å². The third kappa shape index (κ3) is 3.01. The molecule has 0 saturated carbocycles. The molecule has 0 saturated heterocycles. The first-order valence-corrected chi connectivity index (χ1v) is 4.43. The lowest BCUT2D eigenvalue weighted by Gasteiger charge is -2.06. The molecule has 1 aromatic heterocycles.